The van der Waals surface area contributed by atoms with Gasteiger partial charge in [-0.05, 0) is 6.92 Å². The number of aliphatic hydroxyl groups excluding tert-OH is 1. The van der Waals surface area contributed by atoms with Gasteiger partial charge >= 0.3 is 0 Å². The summed E-state index contributed by atoms with van der Waals surface area (Å²) in [6.07, 6.45) is 2.36. The second-order valence-corrected chi connectivity index (χ2v) is 4.31. The number of nitrogens with two attached hydrogens (primary N) is 1. The lowest BCUT2D eigenvalue weighted by atomic mass is 10.2. The maximum Gasteiger partial charge on any atom is 0.287 e. The summed E-state index contributed by atoms with van der Waals surface area (Å²) in [7, 11) is 0. The quantitative estimate of drug-likeness (QED) is 0.644. The molecule has 2 unspecified atom stereocenters. The van der Waals surface area contributed by atoms with Crippen LogP contribution in [0.1, 0.15) is 6.92 Å². The van der Waals surface area contributed by atoms with Gasteiger partial charge in [-0.15, -0.1) is 6.58 Å². The third kappa shape index (κ3) is 3.56. The predicted octanol–water partition coefficient (Wildman–Crippen LogP) is 0.203. The van der Waals surface area contributed by atoms with Crippen LogP contribution >= 0.6 is 11.6 Å². The fourth-order valence-electron chi connectivity index (χ4n) is 1.24. The van der Waals surface area contributed by atoms with Crippen molar-refractivity contribution in [3.05, 3.63) is 34.2 Å². The molecule has 1 aromatic rings. The monoisotopic (exact) mass is 272 g/mol. The minimum Gasteiger partial charge on any atom is -0.392 e. The van der Waals surface area contributed by atoms with E-state index in [4.69, 9.17) is 17.3 Å². The van der Waals surface area contributed by atoms with Gasteiger partial charge in [0.15, 0.2) is 0 Å². The van der Waals surface area contributed by atoms with Crippen molar-refractivity contribution in [1.29, 1.82) is 0 Å². The van der Waals surface area contributed by atoms with E-state index in [1.54, 1.807) is 13.0 Å². The minimum absolute atomic E-state index is 0.0460. The topological polar surface area (TPSA) is 93.2 Å². The Labute approximate surface area is 110 Å². The summed E-state index contributed by atoms with van der Waals surface area (Å²) in [6, 6.07) is -0.448. The number of nitrogens with zero attached hydrogens (tertiary/aromatic N) is 2. The van der Waals surface area contributed by atoms with E-state index in [1.165, 1.54) is 10.9 Å². The molecule has 0 fully saturated rings. The van der Waals surface area contributed by atoms with Gasteiger partial charge in [0.05, 0.1) is 24.5 Å². The highest BCUT2D eigenvalue weighted by molar-refractivity contribution is 6.32. The molecule has 4 N–H and O–H groups in total. The number of anilines is 1. The van der Waals surface area contributed by atoms with Crippen molar-refractivity contribution >= 4 is 17.3 Å². The zero-order valence-corrected chi connectivity index (χ0v) is 10.9. The van der Waals surface area contributed by atoms with E-state index in [2.05, 4.69) is 17.0 Å². The van der Waals surface area contributed by atoms with Crippen LogP contribution in [0, 0.1) is 0 Å². The lowest BCUT2D eigenvalue weighted by Crippen LogP contribution is -2.39. The van der Waals surface area contributed by atoms with E-state index in [1.807, 2.05) is 0 Å². The first-order valence-electron chi connectivity index (χ1n) is 5.51. The molecule has 0 spiro atoms. The highest BCUT2D eigenvalue weighted by Gasteiger charge is 2.12. The molecular formula is C11H17ClN4O2. The zero-order chi connectivity index (χ0) is 13.7. The summed E-state index contributed by atoms with van der Waals surface area (Å²) in [6.45, 7) is 5.71. The fraction of sp³-hybridized carbons (Fsp3) is 0.455. The number of rotatable bonds is 6. The molecule has 0 amide bonds. The van der Waals surface area contributed by atoms with Gasteiger partial charge in [-0.1, -0.05) is 17.7 Å². The lowest BCUT2D eigenvalue weighted by Gasteiger charge is -2.16. The van der Waals surface area contributed by atoms with E-state index < -0.39 is 17.7 Å². The van der Waals surface area contributed by atoms with Crippen LogP contribution in [0.5, 0.6) is 0 Å². The number of nitrogens with one attached hydrogen (secondary N) is 1. The predicted molar refractivity (Wildman–Crippen MR) is 71.8 cm³/mol. The van der Waals surface area contributed by atoms with E-state index in [9.17, 15) is 9.90 Å². The Morgan fingerprint density at radius 2 is 2.44 bits per heavy atom. The molecule has 7 heteroatoms. The number of hydrogen-bond acceptors (Lipinski definition) is 5. The standard InChI is InChI=1S/C11H17ClN4O2/c1-3-4-16-11(18)10(12)9(6-15-16)14-5-8(13)7(2)17/h3,6-8,14,17H,1,4-5,13H2,2H3. The average molecular weight is 273 g/mol. The van der Waals surface area contributed by atoms with Gasteiger partial charge in [0.1, 0.15) is 5.02 Å². The van der Waals surface area contributed by atoms with Crippen molar-refractivity contribution in [3.8, 4) is 0 Å². The Morgan fingerprint density at radius 3 is 3.00 bits per heavy atom. The first kappa shape index (κ1) is 14.7. The van der Waals surface area contributed by atoms with Gasteiger partial charge < -0.3 is 16.2 Å². The van der Waals surface area contributed by atoms with Gasteiger partial charge in [0, 0.05) is 12.6 Å². The second-order valence-electron chi connectivity index (χ2n) is 3.93. The molecule has 2 atom stereocenters. The molecule has 0 saturated carbocycles. The van der Waals surface area contributed by atoms with E-state index in [0.717, 1.165) is 0 Å². The summed E-state index contributed by atoms with van der Waals surface area (Å²) in [4.78, 5) is 11.8. The molecule has 100 valence electrons. The molecule has 1 heterocycles. The molecule has 0 aliphatic rings. The molecule has 6 nitrogen and oxygen atoms in total. The number of aromatic nitrogens is 2. The Balaban J connectivity index is 2.82. The third-order valence-electron chi connectivity index (χ3n) is 2.43. The molecule has 1 aromatic heterocycles. The van der Waals surface area contributed by atoms with Crippen molar-refractivity contribution in [2.75, 3.05) is 11.9 Å². The van der Waals surface area contributed by atoms with Crippen LogP contribution in [0.15, 0.2) is 23.6 Å². The highest BCUT2D eigenvalue weighted by Crippen LogP contribution is 2.15. The molecule has 1 rings (SSSR count). The SMILES string of the molecule is C=CCn1ncc(NCC(N)C(C)O)c(Cl)c1=O. The molecule has 0 saturated heterocycles. The third-order valence-corrected chi connectivity index (χ3v) is 2.80. The smallest absolute Gasteiger partial charge is 0.287 e. The van der Waals surface area contributed by atoms with Crippen LogP contribution in [0.2, 0.25) is 5.02 Å². The first-order chi connectivity index (χ1) is 8.47. The van der Waals surface area contributed by atoms with Crippen LogP contribution in [0.4, 0.5) is 5.69 Å². The van der Waals surface area contributed by atoms with Gasteiger partial charge in [-0.25, -0.2) is 4.68 Å². The van der Waals surface area contributed by atoms with Crippen LogP contribution in [-0.4, -0.2) is 33.6 Å². The van der Waals surface area contributed by atoms with Gasteiger partial charge in [-0.2, -0.15) is 5.10 Å². The maximum absolute atomic E-state index is 11.8. The number of aliphatic hydroxyl groups is 1. The van der Waals surface area contributed by atoms with Gasteiger partial charge in [0.2, 0.25) is 0 Å². The highest BCUT2D eigenvalue weighted by atomic mass is 35.5. The van der Waals surface area contributed by atoms with Crippen LogP contribution in [0.25, 0.3) is 0 Å². The Morgan fingerprint density at radius 1 is 1.78 bits per heavy atom. The molecule has 0 bridgehead atoms. The lowest BCUT2D eigenvalue weighted by molar-refractivity contribution is 0.168. The molecule has 0 aromatic carbocycles. The first-order valence-corrected chi connectivity index (χ1v) is 5.89. The largest absolute Gasteiger partial charge is 0.392 e. The van der Waals surface area contributed by atoms with Gasteiger partial charge in [-0.3, -0.25) is 4.79 Å². The van der Waals surface area contributed by atoms with Crippen LogP contribution < -0.4 is 16.6 Å². The summed E-state index contributed by atoms with van der Waals surface area (Å²) in [5, 5.41) is 16.1. The van der Waals surface area contributed by atoms with E-state index in [-0.39, 0.29) is 5.02 Å². The van der Waals surface area contributed by atoms with Crippen molar-refractivity contribution in [3.63, 3.8) is 0 Å². The Bertz CT molecular complexity index is 473. The van der Waals surface area contributed by atoms with Gasteiger partial charge in [0.25, 0.3) is 5.56 Å². The summed E-state index contributed by atoms with van der Waals surface area (Å²) < 4.78 is 1.20. The molecule has 18 heavy (non-hydrogen) atoms. The number of allylic oxidation sites excluding steroid dienone is 1. The van der Waals surface area contributed by atoms with Crippen molar-refractivity contribution in [2.24, 2.45) is 5.73 Å². The average Bonchev–Trinajstić information content (AvgIpc) is 2.33. The summed E-state index contributed by atoms with van der Waals surface area (Å²) in [5.41, 5.74) is 5.66. The molecule has 0 radical (unpaired) electrons. The molecule has 0 aliphatic carbocycles. The molecule has 0 aliphatic heterocycles. The minimum atomic E-state index is -0.648. The second kappa shape index (κ2) is 6.53. The van der Waals surface area contributed by atoms with Crippen LogP contribution in [0.3, 0.4) is 0 Å². The van der Waals surface area contributed by atoms with E-state index in [0.29, 0.717) is 18.8 Å². The number of hydrogen-bond donors (Lipinski definition) is 3. The maximum atomic E-state index is 11.8. The van der Waals surface area contributed by atoms with Crippen molar-refractivity contribution in [2.45, 2.75) is 25.6 Å². The summed E-state index contributed by atoms with van der Waals surface area (Å²) >= 11 is 5.92. The van der Waals surface area contributed by atoms with Crippen LogP contribution in [-0.2, 0) is 6.54 Å². The Hall–Kier alpha value is -1.37. The zero-order valence-electron chi connectivity index (χ0n) is 10.1. The van der Waals surface area contributed by atoms with Crippen molar-refractivity contribution < 1.29 is 5.11 Å². The normalized spacial score (nSPS) is 14.0. The summed E-state index contributed by atoms with van der Waals surface area (Å²) in [5.74, 6) is 0. The molecular weight excluding hydrogens is 256 g/mol. The Kier molecular flexibility index (Phi) is 5.33. The number of halogens is 1. The van der Waals surface area contributed by atoms with E-state index >= 15 is 0 Å². The van der Waals surface area contributed by atoms with Crippen molar-refractivity contribution in [1.82, 2.24) is 9.78 Å². The fourth-order valence-corrected chi connectivity index (χ4v) is 1.45.